The van der Waals surface area contributed by atoms with Crippen LogP contribution >= 0.6 is 11.6 Å². The number of aromatic nitrogens is 2. The van der Waals surface area contributed by atoms with Crippen molar-refractivity contribution in [2.75, 3.05) is 0 Å². The Morgan fingerprint density at radius 1 is 1.05 bits per heavy atom. The van der Waals surface area contributed by atoms with Crippen molar-refractivity contribution in [3.8, 4) is 0 Å². The fourth-order valence-electron chi connectivity index (χ4n) is 1.94. The zero-order chi connectivity index (χ0) is 14.3. The predicted molar refractivity (Wildman–Crippen MR) is 73.0 cm³/mol. The summed E-state index contributed by atoms with van der Waals surface area (Å²) in [5.41, 5.74) is -0.0631. The minimum atomic E-state index is -1.01. The molecule has 0 aliphatic carbocycles. The van der Waals surface area contributed by atoms with Crippen LogP contribution in [0.2, 0.25) is 5.22 Å². The Balaban J connectivity index is 2.11. The van der Waals surface area contributed by atoms with Crippen molar-refractivity contribution in [1.82, 2.24) is 9.97 Å². The topological polar surface area (TPSA) is 99.1 Å². The van der Waals surface area contributed by atoms with Gasteiger partial charge >= 0.3 is 11.1 Å². The van der Waals surface area contributed by atoms with Crippen molar-refractivity contribution in [1.29, 1.82) is 0 Å². The first-order chi connectivity index (χ1) is 9.54. The normalized spacial score (nSPS) is 12.7. The molecular formula is C13H9ClN2O4. The van der Waals surface area contributed by atoms with E-state index in [-0.39, 0.29) is 5.22 Å². The fourth-order valence-corrected chi connectivity index (χ4v) is 2.09. The second-order valence-electron chi connectivity index (χ2n) is 4.26. The van der Waals surface area contributed by atoms with E-state index in [9.17, 15) is 14.7 Å². The third-order valence-electron chi connectivity index (χ3n) is 2.93. The number of halogens is 1. The smallest absolute Gasteiger partial charge is 0.314 e. The van der Waals surface area contributed by atoms with E-state index in [2.05, 4.69) is 9.97 Å². The molecule has 102 valence electrons. The summed E-state index contributed by atoms with van der Waals surface area (Å²) >= 11 is 5.66. The van der Waals surface area contributed by atoms with Crippen molar-refractivity contribution in [3.05, 3.63) is 67.6 Å². The van der Waals surface area contributed by atoms with Crippen LogP contribution in [-0.2, 0) is 0 Å². The van der Waals surface area contributed by atoms with E-state index in [0.29, 0.717) is 22.4 Å². The van der Waals surface area contributed by atoms with E-state index in [0.717, 1.165) is 0 Å². The molecule has 3 rings (SSSR count). The number of furan rings is 1. The van der Waals surface area contributed by atoms with Crippen LogP contribution in [0.1, 0.15) is 17.4 Å². The lowest BCUT2D eigenvalue weighted by Crippen LogP contribution is -2.28. The molecule has 0 saturated heterocycles. The van der Waals surface area contributed by atoms with Gasteiger partial charge < -0.3 is 19.5 Å². The van der Waals surface area contributed by atoms with Crippen LogP contribution in [0.15, 0.2) is 44.3 Å². The van der Waals surface area contributed by atoms with Crippen LogP contribution < -0.4 is 11.1 Å². The third kappa shape index (κ3) is 2.15. The molecule has 0 aliphatic heterocycles. The van der Waals surface area contributed by atoms with E-state index in [4.69, 9.17) is 16.0 Å². The minimum Gasteiger partial charge on any atom is -0.447 e. The Hall–Kier alpha value is -2.31. The molecule has 0 radical (unpaired) electrons. The standard InChI is InChI=1S/C13H9ClN2O4/c14-10-4-3-9(20-10)11(17)6-1-2-7-8(5-6)16-13(19)12(18)15-7/h1-5,11,17H,(H,15,18)(H,16,19). The summed E-state index contributed by atoms with van der Waals surface area (Å²) in [6, 6.07) is 7.87. The number of fused-ring (bicyclic) bond motifs is 1. The molecule has 2 heterocycles. The van der Waals surface area contributed by atoms with Crippen LogP contribution in [0, 0.1) is 0 Å². The lowest BCUT2D eigenvalue weighted by atomic mass is 10.1. The molecule has 1 unspecified atom stereocenters. The van der Waals surface area contributed by atoms with Gasteiger partial charge in [-0.1, -0.05) is 6.07 Å². The van der Waals surface area contributed by atoms with Gasteiger partial charge in [0, 0.05) is 0 Å². The quantitative estimate of drug-likeness (QED) is 0.624. The highest BCUT2D eigenvalue weighted by atomic mass is 35.5. The molecule has 0 spiro atoms. The first kappa shape index (κ1) is 12.7. The summed E-state index contributed by atoms with van der Waals surface area (Å²) in [5, 5.41) is 10.4. The van der Waals surface area contributed by atoms with Crippen LogP contribution in [0.4, 0.5) is 0 Å². The largest absolute Gasteiger partial charge is 0.447 e. The molecule has 7 heteroatoms. The van der Waals surface area contributed by atoms with Gasteiger partial charge in [0.2, 0.25) is 0 Å². The highest BCUT2D eigenvalue weighted by Gasteiger charge is 2.15. The number of nitrogens with one attached hydrogen (secondary N) is 2. The molecule has 3 aromatic rings. The van der Waals surface area contributed by atoms with E-state index < -0.39 is 17.2 Å². The Morgan fingerprint density at radius 2 is 1.75 bits per heavy atom. The maximum atomic E-state index is 11.3. The number of rotatable bonds is 2. The molecule has 0 amide bonds. The molecule has 6 nitrogen and oxygen atoms in total. The third-order valence-corrected chi connectivity index (χ3v) is 3.13. The number of hydrogen-bond acceptors (Lipinski definition) is 4. The number of benzene rings is 1. The van der Waals surface area contributed by atoms with Crippen molar-refractivity contribution in [2.24, 2.45) is 0 Å². The zero-order valence-electron chi connectivity index (χ0n) is 10.0. The molecule has 0 saturated carbocycles. The van der Waals surface area contributed by atoms with Crippen LogP contribution in [-0.4, -0.2) is 15.1 Å². The number of hydrogen-bond donors (Lipinski definition) is 3. The van der Waals surface area contributed by atoms with Gasteiger partial charge in [-0.25, -0.2) is 0 Å². The Bertz CT molecular complexity index is 893. The van der Waals surface area contributed by atoms with Gasteiger partial charge in [0.25, 0.3) is 0 Å². The van der Waals surface area contributed by atoms with E-state index >= 15 is 0 Å². The van der Waals surface area contributed by atoms with Gasteiger partial charge in [0.05, 0.1) is 11.0 Å². The second-order valence-corrected chi connectivity index (χ2v) is 4.63. The summed E-state index contributed by atoms with van der Waals surface area (Å²) < 4.78 is 5.14. The van der Waals surface area contributed by atoms with E-state index in [1.807, 2.05) is 0 Å². The maximum absolute atomic E-state index is 11.3. The summed E-state index contributed by atoms with van der Waals surface area (Å²) in [5.74, 6) is 0.293. The van der Waals surface area contributed by atoms with Crippen molar-refractivity contribution >= 4 is 22.6 Å². The highest BCUT2D eigenvalue weighted by Crippen LogP contribution is 2.26. The molecule has 0 fully saturated rings. The maximum Gasteiger partial charge on any atom is 0.314 e. The summed E-state index contributed by atoms with van der Waals surface area (Å²) in [7, 11) is 0. The summed E-state index contributed by atoms with van der Waals surface area (Å²) in [6.45, 7) is 0. The molecule has 20 heavy (non-hydrogen) atoms. The minimum absolute atomic E-state index is 0.178. The van der Waals surface area contributed by atoms with Crippen LogP contribution in [0.25, 0.3) is 11.0 Å². The molecule has 2 aromatic heterocycles. The molecular weight excluding hydrogens is 284 g/mol. The lowest BCUT2D eigenvalue weighted by Gasteiger charge is -2.08. The Kier molecular flexibility index (Phi) is 2.96. The molecule has 3 N–H and O–H groups in total. The van der Waals surface area contributed by atoms with Gasteiger partial charge in [-0.05, 0) is 41.4 Å². The number of aliphatic hydroxyl groups excluding tert-OH is 1. The highest BCUT2D eigenvalue weighted by molar-refractivity contribution is 6.28. The van der Waals surface area contributed by atoms with Gasteiger partial charge in [0.15, 0.2) is 5.22 Å². The van der Waals surface area contributed by atoms with Crippen molar-refractivity contribution in [3.63, 3.8) is 0 Å². The number of aliphatic hydroxyl groups is 1. The van der Waals surface area contributed by atoms with E-state index in [1.165, 1.54) is 6.07 Å². The second kappa shape index (κ2) is 4.66. The monoisotopic (exact) mass is 292 g/mol. The average Bonchev–Trinajstić information content (AvgIpc) is 2.85. The predicted octanol–water partition coefficient (Wildman–Crippen LogP) is 1.54. The first-order valence-electron chi connectivity index (χ1n) is 5.74. The van der Waals surface area contributed by atoms with Crippen molar-refractivity contribution in [2.45, 2.75) is 6.10 Å². The average molecular weight is 293 g/mol. The van der Waals surface area contributed by atoms with Crippen LogP contribution in [0.3, 0.4) is 0 Å². The Labute approximate surface area is 116 Å². The molecule has 1 atom stereocenters. The fraction of sp³-hybridized carbons (Fsp3) is 0.0769. The van der Waals surface area contributed by atoms with E-state index in [1.54, 1.807) is 24.3 Å². The van der Waals surface area contributed by atoms with Gasteiger partial charge in [0.1, 0.15) is 11.9 Å². The molecule has 1 aromatic carbocycles. The zero-order valence-corrected chi connectivity index (χ0v) is 10.8. The lowest BCUT2D eigenvalue weighted by molar-refractivity contribution is 0.189. The molecule has 0 bridgehead atoms. The summed E-state index contributed by atoms with van der Waals surface area (Å²) in [4.78, 5) is 27.4. The van der Waals surface area contributed by atoms with Crippen molar-refractivity contribution < 1.29 is 9.52 Å². The van der Waals surface area contributed by atoms with Gasteiger partial charge in [-0.3, -0.25) is 9.59 Å². The molecule has 0 aliphatic rings. The number of H-pyrrole nitrogens is 2. The number of aromatic amines is 2. The Morgan fingerprint density at radius 3 is 2.40 bits per heavy atom. The van der Waals surface area contributed by atoms with Gasteiger partial charge in [-0.2, -0.15) is 0 Å². The van der Waals surface area contributed by atoms with Crippen LogP contribution in [0.5, 0.6) is 0 Å². The van der Waals surface area contributed by atoms with Gasteiger partial charge in [-0.15, -0.1) is 0 Å². The SMILES string of the molecule is O=c1[nH]c2ccc(C(O)c3ccc(Cl)o3)cc2[nH]c1=O. The first-order valence-corrected chi connectivity index (χ1v) is 6.12. The summed E-state index contributed by atoms with van der Waals surface area (Å²) in [6.07, 6.45) is -1.01.